The molecule has 0 aliphatic rings. The minimum Gasteiger partial charge on any atom is -0.354 e. The highest BCUT2D eigenvalue weighted by Gasteiger charge is 2.33. The fourth-order valence-corrected chi connectivity index (χ4v) is 4.87. The summed E-state index contributed by atoms with van der Waals surface area (Å²) in [5.74, 6) is -1.62. The molecular weight excluding hydrogens is 530 g/mol. The molecule has 36 heavy (non-hydrogen) atoms. The predicted molar refractivity (Wildman–Crippen MR) is 141 cm³/mol. The van der Waals surface area contributed by atoms with E-state index in [2.05, 4.69) is 5.32 Å². The summed E-state index contributed by atoms with van der Waals surface area (Å²) in [6.07, 6.45) is 1.64. The van der Waals surface area contributed by atoms with Gasteiger partial charge in [-0.3, -0.25) is 9.59 Å². The molecule has 0 heterocycles. The van der Waals surface area contributed by atoms with Crippen molar-refractivity contribution in [3.05, 3.63) is 63.9 Å². The first-order chi connectivity index (χ1) is 16.9. The molecule has 12 heteroatoms. The average molecular weight is 562 g/mol. The lowest BCUT2D eigenvalue weighted by atomic mass is 10.1. The Morgan fingerprint density at radius 3 is 2.17 bits per heavy atom. The fourth-order valence-electron chi connectivity index (χ4n) is 3.30. The van der Waals surface area contributed by atoms with Crippen LogP contribution in [0.5, 0.6) is 0 Å². The largest absolute Gasteiger partial charge is 0.354 e. The topological polar surface area (TPSA) is 90.0 Å². The maximum Gasteiger partial charge on any atom is 0.304 e. The van der Waals surface area contributed by atoms with E-state index in [0.29, 0.717) is 22.2 Å². The van der Waals surface area contributed by atoms with Gasteiger partial charge in [0.2, 0.25) is 11.8 Å². The van der Waals surface area contributed by atoms with Crippen molar-refractivity contribution in [3.8, 4) is 0 Å². The van der Waals surface area contributed by atoms with Gasteiger partial charge in [0, 0.05) is 42.8 Å². The summed E-state index contributed by atoms with van der Waals surface area (Å²) in [6, 6.07) is 8.64. The lowest BCUT2D eigenvalue weighted by molar-refractivity contribution is -0.139. The Labute approximate surface area is 222 Å². The van der Waals surface area contributed by atoms with Gasteiger partial charge < -0.3 is 10.2 Å². The predicted octanol–water partition coefficient (Wildman–Crippen LogP) is 4.08. The molecule has 8 nitrogen and oxygen atoms in total. The van der Waals surface area contributed by atoms with Gasteiger partial charge in [-0.15, -0.1) is 0 Å². The van der Waals surface area contributed by atoms with Crippen LogP contribution in [0.15, 0.2) is 42.5 Å². The summed E-state index contributed by atoms with van der Waals surface area (Å²) in [6.45, 7) is 3.21. The number of hydrogen-bond acceptors (Lipinski definition) is 4. The standard InChI is InChI=1S/C24H31Cl2FN4O4S/c1-5-6-14-28-24(33)17(2)30(15-20-21(25)8-7-9-22(20)26)23(32)16-31(36(34,35)29(3)4)19-12-10-18(27)11-13-19/h7-13,17H,5-6,14-16H2,1-4H3,(H,28,33)/t17-/m1/s1. The highest BCUT2D eigenvalue weighted by Crippen LogP contribution is 2.27. The summed E-state index contributed by atoms with van der Waals surface area (Å²) >= 11 is 12.6. The number of nitrogens with zero attached hydrogens (tertiary/aromatic N) is 3. The molecule has 0 unspecified atom stereocenters. The number of hydrogen-bond donors (Lipinski definition) is 1. The molecule has 0 spiro atoms. The van der Waals surface area contributed by atoms with Gasteiger partial charge in [-0.2, -0.15) is 12.7 Å². The van der Waals surface area contributed by atoms with Gasteiger partial charge in [0.1, 0.15) is 18.4 Å². The minimum absolute atomic E-state index is 0.0919. The first-order valence-electron chi connectivity index (χ1n) is 11.4. The molecule has 0 aromatic heterocycles. The SMILES string of the molecule is CCCCNC(=O)[C@@H](C)N(Cc1c(Cl)cccc1Cl)C(=O)CN(c1ccc(F)cc1)S(=O)(=O)N(C)C. The van der Waals surface area contributed by atoms with Gasteiger partial charge in [-0.1, -0.05) is 42.6 Å². The number of nitrogens with one attached hydrogen (secondary N) is 1. The van der Waals surface area contributed by atoms with E-state index in [9.17, 15) is 22.4 Å². The molecule has 0 saturated carbocycles. The van der Waals surface area contributed by atoms with Crippen LogP contribution in [0.1, 0.15) is 32.3 Å². The molecule has 2 aromatic carbocycles. The van der Waals surface area contributed by atoms with E-state index in [1.807, 2.05) is 6.92 Å². The number of unbranched alkanes of at least 4 members (excludes halogenated alkanes) is 1. The van der Waals surface area contributed by atoms with Crippen LogP contribution in [-0.4, -0.2) is 62.7 Å². The Hall–Kier alpha value is -2.40. The Morgan fingerprint density at radius 1 is 1.06 bits per heavy atom. The van der Waals surface area contributed by atoms with Crippen molar-refractivity contribution in [1.82, 2.24) is 14.5 Å². The van der Waals surface area contributed by atoms with Gasteiger partial charge in [-0.25, -0.2) is 8.70 Å². The Balaban J connectivity index is 2.46. The highest BCUT2D eigenvalue weighted by atomic mass is 35.5. The molecule has 0 aliphatic heterocycles. The first kappa shape index (κ1) is 29.8. The first-order valence-corrected chi connectivity index (χ1v) is 13.5. The Bertz CT molecular complexity index is 1140. The van der Waals surface area contributed by atoms with E-state index >= 15 is 0 Å². The number of rotatable bonds is 12. The quantitative estimate of drug-likeness (QED) is 0.396. The van der Waals surface area contributed by atoms with Gasteiger partial charge in [0.25, 0.3) is 0 Å². The van der Waals surface area contributed by atoms with Crippen LogP contribution < -0.4 is 9.62 Å². The zero-order chi connectivity index (χ0) is 27.0. The van der Waals surface area contributed by atoms with Crippen molar-refractivity contribution in [2.45, 2.75) is 39.3 Å². The smallest absolute Gasteiger partial charge is 0.304 e. The average Bonchev–Trinajstić information content (AvgIpc) is 2.82. The molecule has 2 aromatic rings. The number of carbonyl (C=O) groups excluding carboxylic acids is 2. The third-order valence-corrected chi connectivity index (χ3v) is 8.05. The van der Waals surface area contributed by atoms with Crippen LogP contribution in [0.2, 0.25) is 10.0 Å². The number of benzene rings is 2. The Kier molecular flexibility index (Phi) is 11.0. The van der Waals surface area contributed by atoms with E-state index < -0.39 is 40.4 Å². The summed E-state index contributed by atoms with van der Waals surface area (Å²) < 4.78 is 41.5. The van der Waals surface area contributed by atoms with E-state index in [1.165, 1.54) is 31.1 Å². The summed E-state index contributed by atoms with van der Waals surface area (Å²) in [7, 11) is -1.50. The van der Waals surface area contributed by atoms with Gasteiger partial charge >= 0.3 is 10.2 Å². The van der Waals surface area contributed by atoms with Crippen molar-refractivity contribution in [2.24, 2.45) is 0 Å². The molecule has 0 radical (unpaired) electrons. The normalized spacial score (nSPS) is 12.3. The van der Waals surface area contributed by atoms with Crippen molar-refractivity contribution < 1.29 is 22.4 Å². The maximum atomic E-state index is 13.6. The van der Waals surface area contributed by atoms with E-state index in [4.69, 9.17) is 23.2 Å². The second-order valence-corrected chi connectivity index (χ2v) is 11.2. The van der Waals surface area contributed by atoms with Crippen molar-refractivity contribution >= 4 is 50.9 Å². The number of amides is 2. The molecule has 2 amide bonds. The van der Waals surface area contributed by atoms with Crippen LogP contribution in [-0.2, 0) is 26.3 Å². The van der Waals surface area contributed by atoms with Gasteiger partial charge in [0.15, 0.2) is 0 Å². The molecule has 1 N–H and O–H groups in total. The van der Waals surface area contributed by atoms with Crippen molar-refractivity contribution in [2.75, 3.05) is 31.5 Å². The second kappa shape index (κ2) is 13.2. The number of carbonyl (C=O) groups is 2. The van der Waals surface area contributed by atoms with Crippen LogP contribution >= 0.6 is 23.2 Å². The maximum absolute atomic E-state index is 13.6. The monoisotopic (exact) mass is 560 g/mol. The van der Waals surface area contributed by atoms with Gasteiger partial charge in [-0.05, 0) is 49.7 Å². The molecule has 2 rings (SSSR count). The van der Waals surface area contributed by atoms with Crippen molar-refractivity contribution in [3.63, 3.8) is 0 Å². The van der Waals surface area contributed by atoms with E-state index in [0.717, 1.165) is 33.6 Å². The summed E-state index contributed by atoms with van der Waals surface area (Å²) in [5.41, 5.74) is 0.514. The lowest BCUT2D eigenvalue weighted by Gasteiger charge is -2.33. The minimum atomic E-state index is -4.14. The van der Waals surface area contributed by atoms with E-state index in [-0.39, 0.29) is 12.2 Å². The van der Waals surface area contributed by atoms with Crippen LogP contribution in [0.25, 0.3) is 0 Å². The molecule has 0 saturated heterocycles. The van der Waals surface area contributed by atoms with Crippen LogP contribution in [0.4, 0.5) is 10.1 Å². The third-order valence-electron chi connectivity index (χ3n) is 5.52. The van der Waals surface area contributed by atoms with Gasteiger partial charge in [0.05, 0.1) is 5.69 Å². The highest BCUT2D eigenvalue weighted by molar-refractivity contribution is 7.90. The van der Waals surface area contributed by atoms with Crippen LogP contribution in [0.3, 0.4) is 0 Å². The molecule has 0 fully saturated rings. The molecule has 0 bridgehead atoms. The number of anilines is 1. The fraction of sp³-hybridized carbons (Fsp3) is 0.417. The zero-order valence-corrected chi connectivity index (χ0v) is 23.0. The molecule has 198 valence electrons. The molecular formula is C24H31Cl2FN4O4S. The van der Waals surface area contributed by atoms with Crippen molar-refractivity contribution in [1.29, 1.82) is 0 Å². The molecule has 1 atom stereocenters. The molecule has 0 aliphatic carbocycles. The Morgan fingerprint density at radius 2 is 1.64 bits per heavy atom. The lowest BCUT2D eigenvalue weighted by Crippen LogP contribution is -2.52. The summed E-state index contributed by atoms with van der Waals surface area (Å²) in [5, 5.41) is 3.40. The third kappa shape index (κ3) is 7.55. The summed E-state index contributed by atoms with van der Waals surface area (Å²) in [4.78, 5) is 27.7. The second-order valence-electron chi connectivity index (χ2n) is 8.32. The zero-order valence-electron chi connectivity index (χ0n) is 20.7. The van der Waals surface area contributed by atoms with Crippen LogP contribution in [0, 0.1) is 5.82 Å². The number of halogens is 3. The van der Waals surface area contributed by atoms with E-state index in [1.54, 1.807) is 25.1 Å².